The minimum Gasteiger partial charge on any atom is -0.341 e. The van der Waals surface area contributed by atoms with Crippen LogP contribution in [0, 0.1) is 5.92 Å². The summed E-state index contributed by atoms with van der Waals surface area (Å²) in [6.07, 6.45) is 5.22. The Bertz CT molecular complexity index is 1180. The molecule has 7 heteroatoms. The highest BCUT2D eigenvalue weighted by Gasteiger charge is 2.23. The van der Waals surface area contributed by atoms with Crippen LogP contribution in [0.1, 0.15) is 18.4 Å². The molecule has 0 bridgehead atoms. The first-order valence-corrected chi connectivity index (χ1v) is 11.0. The highest BCUT2D eigenvalue weighted by Crippen LogP contribution is 2.29. The molecule has 1 aliphatic heterocycles. The van der Waals surface area contributed by atoms with Crippen molar-refractivity contribution in [3.05, 3.63) is 71.4 Å². The van der Waals surface area contributed by atoms with Crippen LogP contribution < -0.4 is 10.2 Å². The van der Waals surface area contributed by atoms with Crippen LogP contribution in [0.2, 0.25) is 5.02 Å². The third-order valence-corrected chi connectivity index (χ3v) is 6.17. The first-order valence-electron chi connectivity index (χ1n) is 10.7. The lowest BCUT2D eigenvalue weighted by atomic mass is 9.90. The van der Waals surface area contributed by atoms with Gasteiger partial charge in [0.05, 0.1) is 11.6 Å². The summed E-state index contributed by atoms with van der Waals surface area (Å²) in [5, 5.41) is 9.37. The summed E-state index contributed by atoms with van der Waals surface area (Å²) >= 11 is 6.16. The van der Waals surface area contributed by atoms with Crippen molar-refractivity contribution in [1.29, 1.82) is 0 Å². The van der Waals surface area contributed by atoms with E-state index in [1.54, 1.807) is 10.9 Å². The molecule has 1 saturated heterocycles. The molecule has 0 unspecified atom stereocenters. The van der Waals surface area contributed by atoms with Gasteiger partial charge in [0.1, 0.15) is 5.82 Å². The van der Waals surface area contributed by atoms with E-state index < -0.39 is 0 Å². The molecule has 0 atom stereocenters. The van der Waals surface area contributed by atoms with Gasteiger partial charge in [0, 0.05) is 30.8 Å². The average Bonchev–Trinajstić information content (AvgIpc) is 3.16. The van der Waals surface area contributed by atoms with Gasteiger partial charge in [0.15, 0.2) is 5.65 Å². The van der Waals surface area contributed by atoms with Crippen LogP contribution in [0.15, 0.2) is 60.8 Å². The zero-order valence-electron chi connectivity index (χ0n) is 17.5. The highest BCUT2D eigenvalue weighted by atomic mass is 35.5. The minimum absolute atomic E-state index is 0.683. The number of piperidine rings is 1. The Morgan fingerprint density at radius 1 is 1.03 bits per heavy atom. The molecular formula is C24H25ClN6. The van der Waals surface area contributed by atoms with Crippen LogP contribution in [-0.4, -0.2) is 32.8 Å². The molecule has 1 N–H and O–H groups in total. The van der Waals surface area contributed by atoms with E-state index in [1.165, 1.54) is 5.56 Å². The molecule has 1 fully saturated rings. The number of nitrogens with one attached hydrogen (secondary N) is 1. The molecule has 0 aliphatic carbocycles. The number of hydrogen-bond donors (Lipinski definition) is 1. The van der Waals surface area contributed by atoms with Crippen LogP contribution in [0.25, 0.3) is 11.0 Å². The maximum Gasteiger partial charge on any atom is 0.229 e. The Morgan fingerprint density at radius 3 is 2.61 bits per heavy atom. The van der Waals surface area contributed by atoms with E-state index in [0.29, 0.717) is 10.9 Å². The Labute approximate surface area is 186 Å². The molecule has 158 valence electrons. The summed E-state index contributed by atoms with van der Waals surface area (Å²) in [6.45, 7) is 1.91. The summed E-state index contributed by atoms with van der Waals surface area (Å²) in [6, 6.07) is 18.4. The molecule has 5 rings (SSSR count). The summed E-state index contributed by atoms with van der Waals surface area (Å²) in [4.78, 5) is 12.0. The normalized spacial score (nSPS) is 14.8. The second-order valence-electron chi connectivity index (χ2n) is 8.13. The Balaban J connectivity index is 1.37. The van der Waals surface area contributed by atoms with E-state index in [2.05, 4.69) is 45.6 Å². The largest absolute Gasteiger partial charge is 0.341 e. The zero-order valence-corrected chi connectivity index (χ0v) is 18.3. The van der Waals surface area contributed by atoms with Gasteiger partial charge in [-0.05, 0) is 48.9 Å². The molecule has 0 saturated carbocycles. The van der Waals surface area contributed by atoms with Crippen molar-refractivity contribution in [2.45, 2.75) is 19.3 Å². The topological polar surface area (TPSA) is 58.9 Å². The number of rotatable bonds is 5. The van der Waals surface area contributed by atoms with Crippen LogP contribution in [0.3, 0.4) is 0 Å². The van der Waals surface area contributed by atoms with E-state index >= 15 is 0 Å². The average molecular weight is 433 g/mol. The lowest BCUT2D eigenvalue weighted by Crippen LogP contribution is -2.35. The molecule has 3 heterocycles. The first-order chi connectivity index (χ1) is 15.2. The van der Waals surface area contributed by atoms with Gasteiger partial charge >= 0.3 is 0 Å². The minimum atomic E-state index is 0.683. The predicted octanol–water partition coefficient (Wildman–Crippen LogP) is 5.22. The molecule has 0 radical (unpaired) electrons. The maximum absolute atomic E-state index is 6.16. The number of hydrogen-bond acceptors (Lipinski definition) is 5. The second kappa shape index (κ2) is 8.55. The van der Waals surface area contributed by atoms with Crippen molar-refractivity contribution in [2.75, 3.05) is 23.3 Å². The number of halogens is 1. The Hall–Kier alpha value is -3.12. The van der Waals surface area contributed by atoms with E-state index in [9.17, 15) is 0 Å². The monoisotopic (exact) mass is 432 g/mol. The second-order valence-corrected chi connectivity index (χ2v) is 8.57. The first kappa shape index (κ1) is 19.8. The van der Waals surface area contributed by atoms with Gasteiger partial charge < -0.3 is 10.2 Å². The Morgan fingerprint density at radius 2 is 1.84 bits per heavy atom. The molecule has 31 heavy (non-hydrogen) atoms. The third kappa shape index (κ3) is 4.35. The van der Waals surface area contributed by atoms with E-state index in [4.69, 9.17) is 21.6 Å². The molecule has 6 nitrogen and oxygen atoms in total. The number of fused-ring (bicyclic) bond motifs is 1. The lowest BCUT2D eigenvalue weighted by Gasteiger charge is -2.32. The molecule has 2 aromatic carbocycles. The molecule has 0 spiro atoms. The van der Waals surface area contributed by atoms with Gasteiger partial charge in [0.2, 0.25) is 5.95 Å². The summed E-state index contributed by atoms with van der Waals surface area (Å²) in [7, 11) is 1.91. The summed E-state index contributed by atoms with van der Waals surface area (Å²) in [5.41, 5.74) is 3.13. The van der Waals surface area contributed by atoms with E-state index in [1.807, 2.05) is 31.3 Å². The van der Waals surface area contributed by atoms with Crippen LogP contribution in [0.5, 0.6) is 0 Å². The van der Waals surface area contributed by atoms with Gasteiger partial charge in [-0.2, -0.15) is 15.1 Å². The number of aromatic nitrogens is 4. The summed E-state index contributed by atoms with van der Waals surface area (Å²) in [5.74, 6) is 2.20. The molecule has 1 aliphatic rings. The molecule has 2 aromatic heterocycles. The van der Waals surface area contributed by atoms with Gasteiger partial charge in [-0.3, -0.25) is 4.68 Å². The quantitative estimate of drug-likeness (QED) is 0.468. The number of nitrogens with zero attached hydrogens (tertiary/aromatic N) is 5. The van der Waals surface area contributed by atoms with Gasteiger partial charge in [0.25, 0.3) is 0 Å². The van der Waals surface area contributed by atoms with Gasteiger partial charge in [-0.1, -0.05) is 48.0 Å². The van der Waals surface area contributed by atoms with Gasteiger partial charge in [-0.25, -0.2) is 0 Å². The van der Waals surface area contributed by atoms with Crippen LogP contribution in [-0.2, 0) is 13.5 Å². The Kier molecular flexibility index (Phi) is 5.47. The predicted molar refractivity (Wildman–Crippen MR) is 126 cm³/mol. The zero-order chi connectivity index (χ0) is 21.2. The van der Waals surface area contributed by atoms with Gasteiger partial charge in [-0.15, -0.1) is 0 Å². The fourth-order valence-electron chi connectivity index (χ4n) is 4.23. The lowest BCUT2D eigenvalue weighted by molar-refractivity contribution is 0.401. The maximum atomic E-state index is 6.16. The number of benzene rings is 2. The fraction of sp³-hybridized carbons (Fsp3) is 0.292. The number of anilines is 3. The molecule has 0 amide bonds. The van der Waals surface area contributed by atoms with Crippen LogP contribution in [0.4, 0.5) is 17.5 Å². The van der Waals surface area contributed by atoms with Crippen molar-refractivity contribution in [3.8, 4) is 0 Å². The molecular weight excluding hydrogens is 408 g/mol. The molecule has 4 aromatic rings. The van der Waals surface area contributed by atoms with Crippen molar-refractivity contribution in [3.63, 3.8) is 0 Å². The number of aryl methyl sites for hydroxylation is 1. The van der Waals surface area contributed by atoms with Crippen molar-refractivity contribution in [1.82, 2.24) is 19.7 Å². The highest BCUT2D eigenvalue weighted by molar-refractivity contribution is 6.30. The van der Waals surface area contributed by atoms with Crippen molar-refractivity contribution in [2.24, 2.45) is 13.0 Å². The van der Waals surface area contributed by atoms with E-state index in [-0.39, 0.29) is 0 Å². The van der Waals surface area contributed by atoms with E-state index in [0.717, 1.165) is 60.8 Å². The SMILES string of the molecule is Cn1ncc2c(Nc3cccc(Cl)c3)nc(N3CCC(Cc4ccccc4)CC3)nc21. The van der Waals surface area contributed by atoms with Crippen molar-refractivity contribution < 1.29 is 0 Å². The van der Waals surface area contributed by atoms with Crippen molar-refractivity contribution >= 4 is 40.1 Å². The van der Waals surface area contributed by atoms with Crippen LogP contribution >= 0.6 is 11.6 Å². The standard InChI is InChI=1S/C24H25ClN6/c1-30-23-21(16-26-30)22(27-20-9-5-8-19(25)15-20)28-24(29-23)31-12-10-18(11-13-31)14-17-6-3-2-4-7-17/h2-9,15-16,18H,10-14H2,1H3,(H,27,28,29). The third-order valence-electron chi connectivity index (χ3n) is 5.93. The summed E-state index contributed by atoms with van der Waals surface area (Å²) < 4.78 is 1.80. The smallest absolute Gasteiger partial charge is 0.229 e. The fourth-order valence-corrected chi connectivity index (χ4v) is 4.43.